The van der Waals surface area contributed by atoms with Gasteiger partial charge in [0.2, 0.25) is 0 Å². The largest absolute Gasteiger partial charge is 0.482 e. The zero-order valence-electron chi connectivity index (χ0n) is 14.9. The normalized spacial score (nSPS) is 15.8. The van der Waals surface area contributed by atoms with Crippen molar-refractivity contribution in [3.63, 3.8) is 0 Å². The van der Waals surface area contributed by atoms with Gasteiger partial charge in [0.25, 0.3) is 5.91 Å². The Hall–Kier alpha value is -2.12. The highest BCUT2D eigenvalue weighted by Gasteiger charge is 2.28. The lowest BCUT2D eigenvalue weighted by Gasteiger charge is -2.18. The molecule has 0 spiro atoms. The molecular weight excluding hydrogens is 393 g/mol. The molecule has 1 aliphatic carbocycles. The first-order valence-corrected chi connectivity index (χ1v) is 9.69. The lowest BCUT2D eigenvalue weighted by Crippen LogP contribution is -2.21. The SMILES string of the molecule is COC(=O)c1c(NC(=O)COc2ccc(F)cc2Cl)sc2c1CC[C@H](C)C2. The van der Waals surface area contributed by atoms with Gasteiger partial charge < -0.3 is 14.8 Å². The molecule has 1 heterocycles. The van der Waals surface area contributed by atoms with Gasteiger partial charge in [-0.1, -0.05) is 18.5 Å². The maximum Gasteiger partial charge on any atom is 0.341 e. The van der Waals surface area contributed by atoms with Crippen LogP contribution in [0.2, 0.25) is 5.02 Å². The first kappa shape index (κ1) is 19.6. The lowest BCUT2D eigenvalue weighted by atomic mass is 9.88. The number of hydrogen-bond donors (Lipinski definition) is 1. The van der Waals surface area contributed by atoms with Crippen LogP contribution in [0.25, 0.3) is 0 Å². The highest BCUT2D eigenvalue weighted by molar-refractivity contribution is 7.17. The van der Waals surface area contributed by atoms with Gasteiger partial charge in [-0.3, -0.25) is 4.79 Å². The Morgan fingerprint density at radius 1 is 1.41 bits per heavy atom. The molecule has 3 rings (SSSR count). The average Bonchev–Trinajstić information content (AvgIpc) is 2.97. The molecule has 1 atom stereocenters. The van der Waals surface area contributed by atoms with E-state index in [1.165, 1.54) is 30.6 Å². The van der Waals surface area contributed by atoms with Crippen molar-refractivity contribution in [2.45, 2.75) is 26.2 Å². The quantitative estimate of drug-likeness (QED) is 0.737. The van der Waals surface area contributed by atoms with Crippen molar-refractivity contribution in [1.82, 2.24) is 0 Å². The van der Waals surface area contributed by atoms with Crippen LogP contribution in [0.15, 0.2) is 18.2 Å². The zero-order chi connectivity index (χ0) is 19.6. The Morgan fingerprint density at radius 3 is 2.89 bits per heavy atom. The minimum absolute atomic E-state index is 0.0821. The van der Waals surface area contributed by atoms with Crippen molar-refractivity contribution >= 4 is 39.8 Å². The molecule has 1 aromatic carbocycles. The number of methoxy groups -OCH3 is 1. The van der Waals surface area contributed by atoms with Crippen LogP contribution in [0.3, 0.4) is 0 Å². The maximum absolute atomic E-state index is 13.1. The van der Waals surface area contributed by atoms with E-state index in [1.807, 2.05) is 0 Å². The van der Waals surface area contributed by atoms with Crippen molar-refractivity contribution < 1.29 is 23.5 Å². The van der Waals surface area contributed by atoms with Crippen molar-refractivity contribution in [1.29, 1.82) is 0 Å². The molecule has 0 saturated heterocycles. The fourth-order valence-corrected chi connectivity index (χ4v) is 4.69. The number of rotatable bonds is 5. The van der Waals surface area contributed by atoms with Crippen LogP contribution >= 0.6 is 22.9 Å². The van der Waals surface area contributed by atoms with E-state index < -0.39 is 17.7 Å². The minimum Gasteiger partial charge on any atom is -0.482 e. The molecule has 1 amide bonds. The zero-order valence-corrected chi connectivity index (χ0v) is 16.5. The van der Waals surface area contributed by atoms with Crippen LogP contribution in [0.4, 0.5) is 9.39 Å². The molecule has 27 heavy (non-hydrogen) atoms. The van der Waals surface area contributed by atoms with E-state index in [4.69, 9.17) is 21.1 Å². The molecule has 0 bridgehead atoms. The number of hydrogen-bond acceptors (Lipinski definition) is 5. The third-order valence-corrected chi connectivity index (χ3v) is 5.87. The summed E-state index contributed by atoms with van der Waals surface area (Å²) in [6.07, 6.45) is 2.66. The summed E-state index contributed by atoms with van der Waals surface area (Å²) in [7, 11) is 1.32. The standard InChI is InChI=1S/C19H19ClFNO4S/c1-10-3-5-12-15(7-10)27-18(17(12)19(24)25-2)22-16(23)9-26-14-6-4-11(21)8-13(14)20/h4,6,8,10H,3,5,7,9H2,1-2H3,(H,22,23)/t10-/m0/s1. The molecule has 0 radical (unpaired) electrons. The molecular formula is C19H19ClFNO4S. The van der Waals surface area contributed by atoms with Gasteiger partial charge in [-0.25, -0.2) is 9.18 Å². The van der Waals surface area contributed by atoms with Crippen LogP contribution in [0.5, 0.6) is 5.75 Å². The molecule has 8 heteroatoms. The second kappa shape index (κ2) is 8.27. The Bertz CT molecular complexity index is 883. The number of carbonyl (C=O) groups is 2. The van der Waals surface area contributed by atoms with Gasteiger partial charge in [0.15, 0.2) is 6.61 Å². The molecule has 1 N–H and O–H groups in total. The van der Waals surface area contributed by atoms with Crippen LogP contribution in [0.1, 0.15) is 34.1 Å². The summed E-state index contributed by atoms with van der Waals surface area (Å²) < 4.78 is 23.3. The van der Waals surface area contributed by atoms with E-state index in [0.717, 1.165) is 35.8 Å². The third kappa shape index (κ3) is 4.42. The molecule has 0 unspecified atom stereocenters. The smallest absolute Gasteiger partial charge is 0.341 e. The van der Waals surface area contributed by atoms with Gasteiger partial charge in [0, 0.05) is 4.88 Å². The van der Waals surface area contributed by atoms with Gasteiger partial charge in [-0.05, 0) is 48.9 Å². The number of carbonyl (C=O) groups excluding carboxylic acids is 2. The predicted molar refractivity (Wildman–Crippen MR) is 102 cm³/mol. The Balaban J connectivity index is 1.74. The Morgan fingerprint density at radius 2 is 2.19 bits per heavy atom. The topological polar surface area (TPSA) is 64.6 Å². The second-order valence-corrected chi connectivity index (χ2v) is 7.97. The summed E-state index contributed by atoms with van der Waals surface area (Å²) in [5.74, 6) is -0.639. The number of ether oxygens (including phenoxy) is 2. The van der Waals surface area contributed by atoms with Gasteiger partial charge in [0.05, 0.1) is 17.7 Å². The molecule has 0 saturated carbocycles. The molecule has 1 aromatic heterocycles. The molecule has 144 valence electrons. The third-order valence-electron chi connectivity index (χ3n) is 4.41. The molecule has 5 nitrogen and oxygen atoms in total. The minimum atomic E-state index is -0.488. The number of amides is 1. The number of fused-ring (bicyclic) bond motifs is 1. The number of anilines is 1. The van der Waals surface area contributed by atoms with E-state index in [1.54, 1.807) is 0 Å². The molecule has 0 aliphatic heterocycles. The van der Waals surface area contributed by atoms with Crippen LogP contribution in [0, 0.1) is 11.7 Å². The van der Waals surface area contributed by atoms with E-state index in [0.29, 0.717) is 16.5 Å². The van der Waals surface area contributed by atoms with Gasteiger partial charge >= 0.3 is 5.97 Å². The van der Waals surface area contributed by atoms with E-state index in [2.05, 4.69) is 12.2 Å². The van der Waals surface area contributed by atoms with Gasteiger partial charge in [-0.2, -0.15) is 0 Å². The fourth-order valence-electron chi connectivity index (χ4n) is 3.06. The van der Waals surface area contributed by atoms with Crippen molar-refractivity contribution in [3.05, 3.63) is 45.0 Å². The van der Waals surface area contributed by atoms with Crippen LogP contribution in [-0.4, -0.2) is 25.6 Å². The van der Waals surface area contributed by atoms with E-state index in [9.17, 15) is 14.0 Å². The van der Waals surface area contributed by atoms with Gasteiger partial charge in [0.1, 0.15) is 16.6 Å². The molecule has 1 aliphatic rings. The first-order valence-electron chi connectivity index (χ1n) is 8.49. The summed E-state index contributed by atoms with van der Waals surface area (Å²) in [6.45, 7) is 1.85. The Labute approximate surface area is 165 Å². The second-order valence-electron chi connectivity index (χ2n) is 6.46. The Kier molecular flexibility index (Phi) is 6.01. The summed E-state index contributed by atoms with van der Waals surface area (Å²) >= 11 is 7.29. The van der Waals surface area contributed by atoms with Crippen molar-refractivity contribution in [3.8, 4) is 5.75 Å². The fraction of sp³-hybridized carbons (Fsp3) is 0.368. The summed E-state index contributed by atoms with van der Waals surface area (Å²) in [5, 5.41) is 3.29. The highest BCUT2D eigenvalue weighted by atomic mass is 35.5. The monoisotopic (exact) mass is 411 g/mol. The highest BCUT2D eigenvalue weighted by Crippen LogP contribution is 2.40. The van der Waals surface area contributed by atoms with Crippen molar-refractivity contribution in [2.24, 2.45) is 5.92 Å². The maximum atomic E-state index is 13.1. The summed E-state index contributed by atoms with van der Waals surface area (Å²) in [4.78, 5) is 25.6. The average molecular weight is 412 g/mol. The van der Waals surface area contributed by atoms with Crippen molar-refractivity contribution in [2.75, 3.05) is 19.0 Å². The molecule has 2 aromatic rings. The summed E-state index contributed by atoms with van der Waals surface area (Å²) in [5.41, 5.74) is 1.39. The number of halogens is 2. The summed E-state index contributed by atoms with van der Waals surface area (Å²) in [6, 6.07) is 3.66. The number of nitrogens with one attached hydrogen (secondary N) is 1. The van der Waals surface area contributed by atoms with Gasteiger partial charge in [-0.15, -0.1) is 11.3 Å². The van der Waals surface area contributed by atoms with Crippen LogP contribution < -0.4 is 10.1 Å². The van der Waals surface area contributed by atoms with Crippen LogP contribution in [-0.2, 0) is 22.4 Å². The lowest BCUT2D eigenvalue weighted by molar-refractivity contribution is -0.118. The predicted octanol–water partition coefficient (Wildman–Crippen LogP) is 4.47. The first-order chi connectivity index (χ1) is 12.9. The number of thiophene rings is 1. The number of benzene rings is 1. The van der Waals surface area contributed by atoms with E-state index >= 15 is 0 Å². The van der Waals surface area contributed by atoms with E-state index in [-0.39, 0.29) is 17.4 Å². The number of esters is 1. The molecule has 0 fully saturated rings.